The highest BCUT2D eigenvalue weighted by Crippen LogP contribution is 2.29. The highest BCUT2D eigenvalue weighted by Gasteiger charge is 2.17. The number of para-hydroxylation sites is 1. The maximum Gasteiger partial charge on any atom is 0.387 e. The molecule has 0 radical (unpaired) electrons. The Morgan fingerprint density at radius 3 is 2.61 bits per heavy atom. The standard InChI is InChI=1S/C14H19F2NO/c1-4-17-12(9-10(2)3)11-7-5-6-8-13(11)18-14(15)16/h5-8,12,14,17H,2,4,9H2,1,3H3. The summed E-state index contributed by atoms with van der Waals surface area (Å²) < 4.78 is 29.3. The molecule has 0 aromatic heterocycles. The van der Waals surface area contributed by atoms with E-state index >= 15 is 0 Å². The Kier molecular flexibility index (Phi) is 5.78. The summed E-state index contributed by atoms with van der Waals surface area (Å²) in [6.07, 6.45) is 0.692. The predicted octanol–water partition coefficient (Wildman–Crippen LogP) is 3.90. The first kappa shape index (κ1) is 14.6. The van der Waals surface area contributed by atoms with Crippen molar-refractivity contribution in [3.63, 3.8) is 0 Å². The number of ether oxygens (including phenoxy) is 1. The van der Waals surface area contributed by atoms with Crippen molar-refractivity contribution in [2.75, 3.05) is 6.54 Å². The molecule has 1 aromatic rings. The van der Waals surface area contributed by atoms with Crippen molar-refractivity contribution < 1.29 is 13.5 Å². The van der Waals surface area contributed by atoms with E-state index in [0.717, 1.165) is 17.7 Å². The van der Waals surface area contributed by atoms with Gasteiger partial charge in [-0.1, -0.05) is 30.7 Å². The van der Waals surface area contributed by atoms with Gasteiger partial charge in [-0.25, -0.2) is 0 Å². The third-order valence-corrected chi connectivity index (χ3v) is 2.51. The van der Waals surface area contributed by atoms with Crippen molar-refractivity contribution >= 4 is 0 Å². The van der Waals surface area contributed by atoms with E-state index in [2.05, 4.69) is 16.6 Å². The van der Waals surface area contributed by atoms with Gasteiger partial charge >= 0.3 is 6.61 Å². The summed E-state index contributed by atoms with van der Waals surface area (Å²) in [7, 11) is 0. The van der Waals surface area contributed by atoms with Crippen LogP contribution >= 0.6 is 0 Å². The van der Waals surface area contributed by atoms with Crippen molar-refractivity contribution in [3.8, 4) is 5.75 Å². The van der Waals surface area contributed by atoms with Crippen LogP contribution in [0.3, 0.4) is 0 Å². The third-order valence-electron chi connectivity index (χ3n) is 2.51. The minimum Gasteiger partial charge on any atom is -0.434 e. The Bertz CT molecular complexity index is 393. The molecule has 0 aliphatic carbocycles. The lowest BCUT2D eigenvalue weighted by Gasteiger charge is -2.21. The van der Waals surface area contributed by atoms with Crippen molar-refractivity contribution in [3.05, 3.63) is 42.0 Å². The predicted molar refractivity (Wildman–Crippen MR) is 68.9 cm³/mol. The molecule has 1 N–H and O–H groups in total. The second kappa shape index (κ2) is 7.11. The minimum absolute atomic E-state index is 0.0533. The number of hydrogen-bond donors (Lipinski definition) is 1. The van der Waals surface area contributed by atoms with E-state index in [9.17, 15) is 8.78 Å². The molecule has 18 heavy (non-hydrogen) atoms. The second-order valence-corrected chi connectivity index (χ2v) is 4.19. The molecule has 0 saturated carbocycles. The maximum absolute atomic E-state index is 12.4. The molecule has 1 rings (SSSR count). The van der Waals surface area contributed by atoms with Crippen LogP contribution in [0.25, 0.3) is 0 Å². The van der Waals surface area contributed by atoms with Gasteiger partial charge in [0.15, 0.2) is 0 Å². The molecule has 100 valence electrons. The monoisotopic (exact) mass is 255 g/mol. The van der Waals surface area contributed by atoms with Crippen LogP contribution in [0.1, 0.15) is 31.9 Å². The first-order valence-corrected chi connectivity index (χ1v) is 5.96. The summed E-state index contributed by atoms with van der Waals surface area (Å²) in [5, 5.41) is 3.26. The van der Waals surface area contributed by atoms with Crippen LogP contribution in [-0.4, -0.2) is 13.2 Å². The molecule has 1 aromatic carbocycles. The zero-order valence-electron chi connectivity index (χ0n) is 10.7. The van der Waals surface area contributed by atoms with Crippen LogP contribution in [0.2, 0.25) is 0 Å². The topological polar surface area (TPSA) is 21.3 Å². The molecule has 0 aliphatic heterocycles. The van der Waals surface area contributed by atoms with Gasteiger partial charge in [-0.2, -0.15) is 8.78 Å². The Balaban J connectivity index is 2.98. The van der Waals surface area contributed by atoms with Gasteiger partial charge in [-0.05, 0) is 26.0 Å². The van der Waals surface area contributed by atoms with Crippen LogP contribution in [0.15, 0.2) is 36.4 Å². The van der Waals surface area contributed by atoms with Gasteiger partial charge in [0.25, 0.3) is 0 Å². The van der Waals surface area contributed by atoms with Gasteiger partial charge in [0.05, 0.1) is 0 Å². The van der Waals surface area contributed by atoms with Gasteiger partial charge in [-0.3, -0.25) is 0 Å². The van der Waals surface area contributed by atoms with Crippen molar-refractivity contribution in [2.24, 2.45) is 0 Å². The molecule has 0 bridgehead atoms. The molecule has 1 atom stereocenters. The molecule has 0 saturated heterocycles. The van der Waals surface area contributed by atoms with Crippen LogP contribution in [0.4, 0.5) is 8.78 Å². The lowest BCUT2D eigenvalue weighted by atomic mass is 9.99. The van der Waals surface area contributed by atoms with Crippen LogP contribution < -0.4 is 10.1 Å². The smallest absolute Gasteiger partial charge is 0.387 e. The lowest BCUT2D eigenvalue weighted by Crippen LogP contribution is -2.22. The number of alkyl halides is 2. The van der Waals surface area contributed by atoms with E-state index in [-0.39, 0.29) is 11.8 Å². The van der Waals surface area contributed by atoms with Crippen molar-refractivity contribution in [1.82, 2.24) is 5.32 Å². The van der Waals surface area contributed by atoms with E-state index in [1.165, 1.54) is 0 Å². The summed E-state index contributed by atoms with van der Waals surface area (Å²) in [5.41, 5.74) is 1.73. The first-order chi connectivity index (χ1) is 8.54. The Morgan fingerprint density at radius 1 is 1.39 bits per heavy atom. The molecule has 0 amide bonds. The van der Waals surface area contributed by atoms with Crippen LogP contribution in [0, 0.1) is 0 Å². The zero-order chi connectivity index (χ0) is 13.5. The third kappa shape index (κ3) is 4.45. The Morgan fingerprint density at radius 2 is 2.06 bits per heavy atom. The highest BCUT2D eigenvalue weighted by atomic mass is 19.3. The van der Waals surface area contributed by atoms with E-state index in [1.807, 2.05) is 19.9 Å². The molecule has 0 spiro atoms. The van der Waals surface area contributed by atoms with E-state index in [0.29, 0.717) is 6.42 Å². The quantitative estimate of drug-likeness (QED) is 0.746. The number of benzene rings is 1. The minimum atomic E-state index is -2.81. The maximum atomic E-state index is 12.4. The van der Waals surface area contributed by atoms with Gasteiger partial charge in [0, 0.05) is 11.6 Å². The fourth-order valence-corrected chi connectivity index (χ4v) is 1.86. The van der Waals surface area contributed by atoms with Gasteiger partial charge < -0.3 is 10.1 Å². The van der Waals surface area contributed by atoms with E-state index < -0.39 is 6.61 Å². The first-order valence-electron chi connectivity index (χ1n) is 5.96. The zero-order valence-corrected chi connectivity index (χ0v) is 10.7. The molecule has 2 nitrogen and oxygen atoms in total. The average Bonchev–Trinajstić information content (AvgIpc) is 2.28. The largest absolute Gasteiger partial charge is 0.434 e. The molecule has 0 heterocycles. The highest BCUT2D eigenvalue weighted by molar-refractivity contribution is 5.36. The second-order valence-electron chi connectivity index (χ2n) is 4.19. The van der Waals surface area contributed by atoms with E-state index in [1.54, 1.807) is 18.2 Å². The van der Waals surface area contributed by atoms with Gasteiger partial charge in [0.2, 0.25) is 0 Å². The molecule has 0 fully saturated rings. The number of nitrogens with one attached hydrogen (secondary N) is 1. The number of halogens is 2. The molecule has 0 aliphatic rings. The fraction of sp³-hybridized carbons (Fsp3) is 0.429. The fourth-order valence-electron chi connectivity index (χ4n) is 1.86. The molecule has 4 heteroatoms. The van der Waals surface area contributed by atoms with Crippen molar-refractivity contribution in [1.29, 1.82) is 0 Å². The van der Waals surface area contributed by atoms with Crippen molar-refractivity contribution in [2.45, 2.75) is 32.9 Å². The summed E-state index contributed by atoms with van der Waals surface area (Å²) >= 11 is 0. The van der Waals surface area contributed by atoms with E-state index in [4.69, 9.17) is 0 Å². The Labute approximate surface area is 107 Å². The number of hydrogen-bond acceptors (Lipinski definition) is 2. The van der Waals surface area contributed by atoms with Crippen LogP contribution in [-0.2, 0) is 0 Å². The SMILES string of the molecule is C=C(C)CC(NCC)c1ccccc1OC(F)F. The van der Waals surface area contributed by atoms with Crippen LogP contribution in [0.5, 0.6) is 5.75 Å². The lowest BCUT2D eigenvalue weighted by molar-refractivity contribution is -0.0507. The summed E-state index contributed by atoms with van der Waals surface area (Å²) in [6.45, 7) is 5.70. The molecular formula is C14H19F2NO. The molecular weight excluding hydrogens is 236 g/mol. The Hall–Kier alpha value is -1.42. The summed E-state index contributed by atoms with van der Waals surface area (Å²) in [6, 6.07) is 6.81. The van der Waals surface area contributed by atoms with Gasteiger partial charge in [0.1, 0.15) is 5.75 Å². The molecule has 1 unspecified atom stereocenters. The van der Waals surface area contributed by atoms with Gasteiger partial charge in [-0.15, -0.1) is 6.58 Å². The number of rotatable bonds is 7. The summed E-state index contributed by atoms with van der Waals surface area (Å²) in [4.78, 5) is 0. The summed E-state index contributed by atoms with van der Waals surface area (Å²) in [5.74, 6) is 0.222. The normalized spacial score (nSPS) is 12.5. The average molecular weight is 255 g/mol.